The second-order valence-electron chi connectivity index (χ2n) is 7.20. The summed E-state index contributed by atoms with van der Waals surface area (Å²) in [6, 6.07) is 6.99. The van der Waals surface area contributed by atoms with Gasteiger partial charge in [-0.3, -0.25) is 9.78 Å². The molecule has 0 unspecified atom stereocenters. The summed E-state index contributed by atoms with van der Waals surface area (Å²) < 4.78 is 16.0. The van der Waals surface area contributed by atoms with E-state index in [-0.39, 0.29) is 29.6 Å². The Morgan fingerprint density at radius 3 is 2.56 bits per heavy atom. The maximum atomic E-state index is 11.8. The predicted molar refractivity (Wildman–Crippen MR) is 129 cm³/mol. The number of ether oxygens (including phenoxy) is 3. The van der Waals surface area contributed by atoms with Gasteiger partial charge in [0.15, 0.2) is 18.1 Å². The fourth-order valence-electron chi connectivity index (χ4n) is 3.19. The van der Waals surface area contributed by atoms with Crippen molar-refractivity contribution >= 4 is 30.8 Å². The van der Waals surface area contributed by atoms with Gasteiger partial charge in [-0.1, -0.05) is 12.1 Å². The molecular formula is C24H30N4O5S. The third kappa shape index (κ3) is 8.50. The minimum Gasteiger partial charge on any atom is -0.742 e. The molecule has 3 rings (SSSR count). The van der Waals surface area contributed by atoms with Crippen LogP contribution in [0.4, 0.5) is 0 Å². The second kappa shape index (κ2) is 14.7. The summed E-state index contributed by atoms with van der Waals surface area (Å²) >= 11 is 4.90. The van der Waals surface area contributed by atoms with Gasteiger partial charge in [-0.2, -0.15) is 5.26 Å². The molecule has 0 amide bonds. The Morgan fingerprint density at radius 1 is 1.21 bits per heavy atom. The van der Waals surface area contributed by atoms with Gasteiger partial charge in [0.25, 0.3) is 5.56 Å². The van der Waals surface area contributed by atoms with Crippen LogP contribution in [-0.2, 0) is 22.2 Å². The van der Waals surface area contributed by atoms with Gasteiger partial charge in [-0.15, -0.1) is 0 Å². The summed E-state index contributed by atoms with van der Waals surface area (Å²) in [4.78, 5) is 29.8. The van der Waals surface area contributed by atoms with Crippen molar-refractivity contribution in [3.8, 4) is 17.6 Å². The molecule has 0 aliphatic carbocycles. The van der Waals surface area contributed by atoms with Crippen LogP contribution in [0.15, 0.2) is 28.2 Å². The lowest BCUT2D eigenvalue weighted by molar-refractivity contribution is -0.662. The van der Waals surface area contributed by atoms with E-state index in [2.05, 4.69) is 15.3 Å². The number of carbonyl (C=O) groups excluding carboxylic acids is 1. The molecule has 1 fully saturated rings. The van der Waals surface area contributed by atoms with E-state index >= 15 is 0 Å². The zero-order valence-corrected chi connectivity index (χ0v) is 20.3. The first kappa shape index (κ1) is 26.8. The molecule has 0 saturated carbocycles. The third-order valence-corrected chi connectivity index (χ3v) is 4.92. The summed E-state index contributed by atoms with van der Waals surface area (Å²) in [5.74, 6) is 0.260. The van der Waals surface area contributed by atoms with E-state index in [0.29, 0.717) is 23.7 Å². The number of nitriles is 1. The minimum absolute atomic E-state index is 0.0227. The lowest BCUT2D eigenvalue weighted by Crippen LogP contribution is -2.85. The van der Waals surface area contributed by atoms with Crippen LogP contribution in [0.2, 0.25) is 0 Å². The van der Waals surface area contributed by atoms with Crippen molar-refractivity contribution < 1.29 is 24.3 Å². The highest BCUT2D eigenvalue weighted by atomic mass is 32.1. The summed E-state index contributed by atoms with van der Waals surface area (Å²) in [5, 5.41) is 11.5. The number of nitrogens with one attached hydrogen (secondary N) is 1. The smallest absolute Gasteiger partial charge is 0.344 e. The molecule has 182 valence electrons. The highest BCUT2D eigenvalue weighted by molar-refractivity contribution is 7.58. The van der Waals surface area contributed by atoms with Crippen LogP contribution < -0.4 is 20.3 Å². The second-order valence-corrected chi connectivity index (χ2v) is 7.59. The number of aromatic nitrogens is 2. The van der Waals surface area contributed by atoms with Crippen LogP contribution in [0, 0.1) is 11.3 Å². The Kier molecular flexibility index (Phi) is 11.6. The van der Waals surface area contributed by atoms with Crippen molar-refractivity contribution in [1.82, 2.24) is 9.97 Å². The molecular weight excluding hydrogens is 456 g/mol. The van der Waals surface area contributed by atoms with Crippen molar-refractivity contribution in [3.05, 3.63) is 45.4 Å². The summed E-state index contributed by atoms with van der Waals surface area (Å²) in [6.07, 6.45) is 7.43. The molecule has 1 aromatic carbocycles. The van der Waals surface area contributed by atoms with Crippen molar-refractivity contribution in [3.63, 3.8) is 0 Å². The quantitative estimate of drug-likeness (QED) is 0.328. The first-order valence-corrected chi connectivity index (χ1v) is 11.7. The number of H-pyrrole nitrogens is 1. The molecule has 0 atom stereocenters. The Morgan fingerprint density at radius 2 is 1.97 bits per heavy atom. The largest absolute Gasteiger partial charge is 0.742 e. The van der Waals surface area contributed by atoms with E-state index in [1.54, 1.807) is 37.3 Å². The van der Waals surface area contributed by atoms with E-state index in [1.807, 2.05) is 6.92 Å². The highest BCUT2D eigenvalue weighted by Gasteiger charge is 2.13. The number of esters is 1. The first-order chi connectivity index (χ1) is 16.5. The van der Waals surface area contributed by atoms with Gasteiger partial charge in [-0.25, -0.2) is 4.79 Å². The van der Waals surface area contributed by atoms with Crippen LogP contribution >= 0.6 is 0 Å². The number of para-hydroxylation sites is 1. The SMILES string of the molecule is C1CC[NH2+]CC1.CCOC(=O)COc1c(/C=C/c2nc([S-])[nH]c(=O)c2C#N)cccc1OCC. The van der Waals surface area contributed by atoms with Crippen LogP contribution in [0.5, 0.6) is 11.5 Å². The number of hydrogen-bond acceptors (Lipinski definition) is 8. The molecule has 0 radical (unpaired) electrons. The number of nitrogens with two attached hydrogens (primary N) is 1. The lowest BCUT2D eigenvalue weighted by atomic mass is 10.1. The number of hydrogen-bond donors (Lipinski definition) is 2. The fraction of sp³-hybridized carbons (Fsp3) is 0.417. The molecule has 1 aliphatic rings. The molecule has 2 aromatic rings. The van der Waals surface area contributed by atoms with Gasteiger partial charge in [0.2, 0.25) is 0 Å². The number of carbonyl (C=O) groups is 1. The van der Waals surface area contributed by atoms with Crippen LogP contribution in [-0.4, -0.2) is 48.8 Å². The maximum Gasteiger partial charge on any atom is 0.344 e. The van der Waals surface area contributed by atoms with Crippen molar-refractivity contribution in [2.75, 3.05) is 32.9 Å². The van der Waals surface area contributed by atoms with Crippen LogP contribution in [0.1, 0.15) is 49.9 Å². The molecule has 10 heteroatoms. The van der Waals surface area contributed by atoms with Gasteiger partial charge >= 0.3 is 5.97 Å². The first-order valence-electron chi connectivity index (χ1n) is 11.3. The minimum atomic E-state index is -0.607. The maximum absolute atomic E-state index is 11.8. The fourth-order valence-corrected chi connectivity index (χ4v) is 3.38. The number of rotatable bonds is 8. The molecule has 1 aromatic heterocycles. The van der Waals surface area contributed by atoms with Crippen LogP contribution in [0.25, 0.3) is 12.2 Å². The zero-order chi connectivity index (χ0) is 24.8. The monoisotopic (exact) mass is 486 g/mol. The van der Waals surface area contributed by atoms with E-state index in [0.717, 1.165) is 0 Å². The molecule has 9 nitrogen and oxygen atoms in total. The average Bonchev–Trinajstić information content (AvgIpc) is 2.83. The van der Waals surface area contributed by atoms with Crippen molar-refractivity contribution in [2.45, 2.75) is 38.3 Å². The van der Waals surface area contributed by atoms with Crippen molar-refractivity contribution in [2.24, 2.45) is 0 Å². The summed E-state index contributed by atoms with van der Waals surface area (Å²) in [6.45, 7) is 6.63. The van der Waals surface area contributed by atoms with Gasteiger partial charge in [0.1, 0.15) is 11.6 Å². The van der Waals surface area contributed by atoms with E-state index < -0.39 is 11.5 Å². The van der Waals surface area contributed by atoms with Crippen molar-refractivity contribution in [1.29, 1.82) is 5.26 Å². The number of benzene rings is 1. The average molecular weight is 487 g/mol. The molecule has 0 bridgehead atoms. The third-order valence-electron chi connectivity index (χ3n) is 4.72. The molecule has 2 heterocycles. The summed E-state index contributed by atoms with van der Waals surface area (Å²) in [7, 11) is 0. The van der Waals surface area contributed by atoms with Crippen LogP contribution in [0.3, 0.4) is 0 Å². The Bertz CT molecular complexity index is 1060. The Balaban J connectivity index is 0.000000589. The Labute approximate surface area is 204 Å². The molecule has 1 aliphatic heterocycles. The number of quaternary nitrogens is 1. The van der Waals surface area contributed by atoms with E-state index in [9.17, 15) is 14.9 Å². The van der Waals surface area contributed by atoms with Gasteiger partial charge in [-0.05, 0) is 56.5 Å². The summed E-state index contributed by atoms with van der Waals surface area (Å²) in [5.41, 5.74) is -0.0645. The van der Waals surface area contributed by atoms with Gasteiger partial charge in [0.05, 0.1) is 32.0 Å². The molecule has 3 N–H and O–H groups in total. The molecule has 34 heavy (non-hydrogen) atoms. The lowest BCUT2D eigenvalue weighted by Gasteiger charge is -2.14. The topological polar surface area (TPSA) is 131 Å². The zero-order valence-electron chi connectivity index (χ0n) is 19.5. The van der Waals surface area contributed by atoms with E-state index in [4.69, 9.17) is 26.8 Å². The highest BCUT2D eigenvalue weighted by Crippen LogP contribution is 2.32. The normalized spacial score (nSPS) is 12.9. The van der Waals surface area contributed by atoms with Gasteiger partial charge < -0.3 is 37.1 Å². The predicted octanol–water partition coefficient (Wildman–Crippen LogP) is 1.79. The van der Waals surface area contributed by atoms with Gasteiger partial charge in [0, 0.05) is 5.56 Å². The molecule has 1 saturated heterocycles. The Hall–Kier alpha value is -3.42. The standard InChI is InChI=1S/C19H19N3O5S.C5H11N/c1-3-25-15-7-5-6-12(17(15)27-11-16(23)26-4-2)8-9-14-13(10-20)18(24)22-19(28)21-14;1-2-4-6-5-3-1/h5-9H,3-4,11H2,1-2H3,(H2,21,22,24,28);6H,1-5H2/b9-8+;. The number of nitrogens with zero attached hydrogens (tertiary/aromatic N) is 2. The number of piperidine rings is 1. The molecule has 0 spiro atoms. The number of aromatic amines is 1. The van der Waals surface area contributed by atoms with E-state index in [1.165, 1.54) is 38.4 Å².